The Morgan fingerprint density at radius 2 is 1.65 bits per heavy atom. The Morgan fingerprint density at radius 1 is 1.08 bits per heavy atom. The van der Waals surface area contributed by atoms with Gasteiger partial charge in [0.05, 0.1) is 4.92 Å². The fourth-order valence-corrected chi connectivity index (χ4v) is 5.80. The van der Waals surface area contributed by atoms with Gasteiger partial charge in [-0.05, 0) is 74.8 Å². The Morgan fingerprint density at radius 3 is 2.19 bits per heavy atom. The number of amides is 1. The lowest BCUT2D eigenvalue weighted by Gasteiger charge is -2.56. The summed E-state index contributed by atoms with van der Waals surface area (Å²) in [5.41, 5.74) is 1.03. The summed E-state index contributed by atoms with van der Waals surface area (Å²) in [4.78, 5) is 22.7. The molecule has 0 radical (unpaired) electrons. The number of rotatable bonds is 7. The minimum absolute atomic E-state index is 0.0884. The molecular weight excluding hydrogens is 330 g/mol. The summed E-state index contributed by atoms with van der Waals surface area (Å²) in [5.74, 6) is 2.69. The first kappa shape index (κ1) is 17.3. The monoisotopic (exact) mass is 357 g/mol. The minimum atomic E-state index is -0.404. The zero-order valence-corrected chi connectivity index (χ0v) is 15.1. The molecule has 0 saturated heterocycles. The van der Waals surface area contributed by atoms with Gasteiger partial charge in [-0.3, -0.25) is 14.9 Å². The van der Waals surface area contributed by atoms with E-state index in [0.29, 0.717) is 13.0 Å². The first-order chi connectivity index (χ1) is 12.5. The molecule has 140 valence electrons. The summed E-state index contributed by atoms with van der Waals surface area (Å²) in [7, 11) is 0. The molecule has 0 spiro atoms. The SMILES string of the molecule is O=C(CCCNc1ccc([N+](=O)[O-])cc1)NC12CC3CC(CC(C3)C1)C2. The van der Waals surface area contributed by atoms with E-state index in [2.05, 4.69) is 10.6 Å². The van der Waals surface area contributed by atoms with E-state index in [1.54, 1.807) is 12.1 Å². The van der Waals surface area contributed by atoms with Crippen molar-refractivity contribution in [1.29, 1.82) is 0 Å². The van der Waals surface area contributed by atoms with Crippen molar-refractivity contribution in [2.45, 2.75) is 56.9 Å². The van der Waals surface area contributed by atoms with Crippen LogP contribution in [0, 0.1) is 27.9 Å². The lowest BCUT2D eigenvalue weighted by molar-refractivity contribution is -0.384. The molecule has 4 saturated carbocycles. The van der Waals surface area contributed by atoms with Crippen LogP contribution in [-0.2, 0) is 4.79 Å². The molecule has 4 bridgehead atoms. The van der Waals surface area contributed by atoms with E-state index in [1.165, 1.54) is 50.7 Å². The van der Waals surface area contributed by atoms with Gasteiger partial charge in [-0.15, -0.1) is 0 Å². The van der Waals surface area contributed by atoms with Crippen molar-refractivity contribution in [1.82, 2.24) is 5.32 Å². The quantitative estimate of drug-likeness (QED) is 0.441. The molecule has 0 heterocycles. The first-order valence-corrected chi connectivity index (χ1v) is 9.81. The van der Waals surface area contributed by atoms with Crippen molar-refractivity contribution >= 4 is 17.3 Å². The number of hydrogen-bond acceptors (Lipinski definition) is 4. The highest BCUT2D eigenvalue weighted by atomic mass is 16.6. The molecule has 5 rings (SSSR count). The summed E-state index contributed by atoms with van der Waals surface area (Å²) in [6.45, 7) is 0.687. The van der Waals surface area contributed by atoms with E-state index >= 15 is 0 Å². The Balaban J connectivity index is 1.20. The largest absolute Gasteiger partial charge is 0.385 e. The zero-order chi connectivity index (χ0) is 18.1. The average Bonchev–Trinajstić information content (AvgIpc) is 2.57. The van der Waals surface area contributed by atoms with Crippen LogP contribution in [0.1, 0.15) is 51.4 Å². The lowest BCUT2D eigenvalue weighted by atomic mass is 9.53. The third-order valence-electron chi connectivity index (χ3n) is 6.43. The maximum atomic E-state index is 12.4. The number of nitrogens with zero attached hydrogens (tertiary/aromatic N) is 1. The molecule has 4 aliphatic carbocycles. The highest BCUT2D eigenvalue weighted by Crippen LogP contribution is 2.55. The highest BCUT2D eigenvalue weighted by molar-refractivity contribution is 5.77. The average molecular weight is 357 g/mol. The number of benzene rings is 1. The fourth-order valence-electron chi connectivity index (χ4n) is 5.80. The molecule has 0 aliphatic heterocycles. The maximum absolute atomic E-state index is 12.4. The predicted octanol–water partition coefficient (Wildman–Crippen LogP) is 3.87. The summed E-state index contributed by atoms with van der Waals surface area (Å²) in [6, 6.07) is 6.38. The topological polar surface area (TPSA) is 84.3 Å². The van der Waals surface area contributed by atoms with Crippen LogP contribution in [0.2, 0.25) is 0 Å². The maximum Gasteiger partial charge on any atom is 0.269 e. The van der Waals surface area contributed by atoms with Crippen LogP contribution in [-0.4, -0.2) is 22.9 Å². The molecule has 0 aromatic heterocycles. The number of nitro groups is 1. The van der Waals surface area contributed by atoms with Gasteiger partial charge >= 0.3 is 0 Å². The van der Waals surface area contributed by atoms with E-state index < -0.39 is 4.92 Å². The van der Waals surface area contributed by atoms with Crippen LogP contribution in [0.25, 0.3) is 0 Å². The van der Waals surface area contributed by atoms with Crippen molar-refractivity contribution in [3.8, 4) is 0 Å². The van der Waals surface area contributed by atoms with Gasteiger partial charge < -0.3 is 10.6 Å². The first-order valence-electron chi connectivity index (χ1n) is 9.81. The normalized spacial score (nSPS) is 31.6. The van der Waals surface area contributed by atoms with Crippen molar-refractivity contribution in [3.05, 3.63) is 34.4 Å². The summed E-state index contributed by atoms with van der Waals surface area (Å²) >= 11 is 0. The van der Waals surface area contributed by atoms with Gasteiger partial charge in [-0.2, -0.15) is 0 Å². The minimum Gasteiger partial charge on any atom is -0.385 e. The van der Waals surface area contributed by atoms with Crippen molar-refractivity contribution in [2.24, 2.45) is 17.8 Å². The van der Waals surface area contributed by atoms with Crippen LogP contribution in [0.5, 0.6) is 0 Å². The second-order valence-electron chi connectivity index (χ2n) is 8.58. The summed E-state index contributed by atoms with van der Waals surface area (Å²) in [5, 5.41) is 17.3. The second-order valence-corrected chi connectivity index (χ2v) is 8.58. The number of carbonyl (C=O) groups is 1. The third kappa shape index (κ3) is 3.69. The molecule has 0 atom stereocenters. The smallest absolute Gasteiger partial charge is 0.269 e. The molecule has 26 heavy (non-hydrogen) atoms. The lowest BCUT2D eigenvalue weighted by Crippen LogP contribution is -2.59. The number of hydrogen-bond donors (Lipinski definition) is 2. The van der Waals surface area contributed by atoms with Crippen LogP contribution in [0.4, 0.5) is 11.4 Å². The third-order valence-corrected chi connectivity index (χ3v) is 6.43. The Bertz CT molecular complexity index is 651. The van der Waals surface area contributed by atoms with Gasteiger partial charge in [0.15, 0.2) is 0 Å². The van der Waals surface area contributed by atoms with Gasteiger partial charge in [0, 0.05) is 36.3 Å². The Kier molecular flexibility index (Phi) is 4.59. The van der Waals surface area contributed by atoms with Crippen molar-refractivity contribution in [2.75, 3.05) is 11.9 Å². The fraction of sp³-hybridized carbons (Fsp3) is 0.650. The standard InChI is InChI=1S/C20H27N3O3/c24-19(2-1-7-21-17-3-5-18(6-4-17)23(25)26)22-20-11-14-8-15(12-20)10-16(9-14)13-20/h3-6,14-16,21H,1-2,7-13H2,(H,22,24). The van der Waals surface area contributed by atoms with Gasteiger partial charge in [-0.25, -0.2) is 0 Å². The van der Waals surface area contributed by atoms with Gasteiger partial charge in [0.1, 0.15) is 0 Å². The molecule has 0 unspecified atom stereocenters. The van der Waals surface area contributed by atoms with Crippen LogP contribution < -0.4 is 10.6 Å². The van der Waals surface area contributed by atoms with E-state index in [4.69, 9.17) is 0 Å². The van der Waals surface area contributed by atoms with Gasteiger partial charge in [0.2, 0.25) is 5.91 Å². The summed E-state index contributed by atoms with van der Waals surface area (Å²) < 4.78 is 0. The molecule has 4 fully saturated rings. The van der Waals surface area contributed by atoms with Crippen molar-refractivity contribution in [3.63, 3.8) is 0 Å². The molecular formula is C20H27N3O3. The van der Waals surface area contributed by atoms with Gasteiger partial charge in [0.25, 0.3) is 5.69 Å². The van der Waals surface area contributed by atoms with E-state index in [0.717, 1.165) is 29.9 Å². The molecule has 6 heteroatoms. The zero-order valence-electron chi connectivity index (χ0n) is 15.1. The van der Waals surface area contributed by atoms with E-state index in [9.17, 15) is 14.9 Å². The molecule has 4 aliphatic rings. The van der Waals surface area contributed by atoms with E-state index in [1.807, 2.05) is 0 Å². The molecule has 1 aromatic carbocycles. The molecule has 2 N–H and O–H groups in total. The Labute approximate surface area is 153 Å². The summed E-state index contributed by atoms with van der Waals surface area (Å²) in [6.07, 6.45) is 9.00. The number of non-ortho nitro benzene ring substituents is 1. The van der Waals surface area contributed by atoms with Crippen LogP contribution in [0.3, 0.4) is 0 Å². The number of anilines is 1. The molecule has 1 aromatic rings. The van der Waals surface area contributed by atoms with Crippen molar-refractivity contribution < 1.29 is 9.72 Å². The predicted molar refractivity (Wildman–Crippen MR) is 99.9 cm³/mol. The van der Waals surface area contributed by atoms with Gasteiger partial charge in [-0.1, -0.05) is 0 Å². The second kappa shape index (κ2) is 6.89. The molecule has 1 amide bonds. The molecule has 6 nitrogen and oxygen atoms in total. The Hall–Kier alpha value is -2.11. The number of nitrogens with one attached hydrogen (secondary N) is 2. The highest BCUT2D eigenvalue weighted by Gasteiger charge is 2.51. The van der Waals surface area contributed by atoms with Crippen LogP contribution >= 0.6 is 0 Å². The van der Waals surface area contributed by atoms with Crippen LogP contribution in [0.15, 0.2) is 24.3 Å². The van der Waals surface area contributed by atoms with E-state index in [-0.39, 0.29) is 17.1 Å². The number of carbonyl (C=O) groups excluding carboxylic acids is 1. The number of nitro benzene ring substituents is 1.